The highest BCUT2D eigenvalue weighted by Crippen LogP contribution is 2.17. The lowest BCUT2D eigenvalue weighted by Crippen LogP contribution is -2.57. The normalized spacial score (nSPS) is 23.8. The van der Waals surface area contributed by atoms with Gasteiger partial charge in [-0.25, -0.2) is 0 Å². The molecular weight excluding hydrogens is 228 g/mol. The van der Waals surface area contributed by atoms with Gasteiger partial charge in [0.2, 0.25) is 0 Å². The monoisotopic (exact) mass is 248 g/mol. The van der Waals surface area contributed by atoms with E-state index >= 15 is 0 Å². The Morgan fingerprint density at radius 1 is 1.22 bits per heavy atom. The highest BCUT2D eigenvalue weighted by Gasteiger charge is 2.29. The van der Waals surface area contributed by atoms with Gasteiger partial charge >= 0.3 is 0 Å². The van der Waals surface area contributed by atoms with E-state index in [0.717, 1.165) is 24.4 Å². The van der Waals surface area contributed by atoms with Crippen molar-refractivity contribution in [3.05, 3.63) is 29.8 Å². The summed E-state index contributed by atoms with van der Waals surface area (Å²) in [5.74, 6) is 0.868. The smallest absolute Gasteiger partial charge is 0.254 e. The molecule has 1 aromatic rings. The second kappa shape index (κ2) is 5.40. The van der Waals surface area contributed by atoms with Gasteiger partial charge < -0.3 is 15.0 Å². The van der Waals surface area contributed by atoms with Crippen molar-refractivity contribution in [1.29, 1.82) is 0 Å². The van der Waals surface area contributed by atoms with E-state index in [1.165, 1.54) is 0 Å². The molecule has 1 aliphatic rings. The molecule has 4 heteroatoms. The van der Waals surface area contributed by atoms with Crippen molar-refractivity contribution in [2.24, 2.45) is 0 Å². The summed E-state index contributed by atoms with van der Waals surface area (Å²) in [4.78, 5) is 14.4. The minimum absolute atomic E-state index is 0.0964. The number of amides is 1. The molecule has 1 fully saturated rings. The van der Waals surface area contributed by atoms with Crippen molar-refractivity contribution in [3.63, 3.8) is 0 Å². The molecular formula is C14H20N2O2. The lowest BCUT2D eigenvalue weighted by atomic mass is 10.1. The predicted octanol–water partition coefficient (Wildman–Crippen LogP) is 1.52. The average Bonchev–Trinajstić information content (AvgIpc) is 2.38. The van der Waals surface area contributed by atoms with Gasteiger partial charge in [-0.05, 0) is 38.1 Å². The molecule has 1 aliphatic heterocycles. The molecule has 1 N–H and O–H groups in total. The highest BCUT2D eigenvalue weighted by molar-refractivity contribution is 5.94. The van der Waals surface area contributed by atoms with Crippen LogP contribution in [-0.4, -0.2) is 43.1 Å². The number of carbonyl (C=O) groups excluding carboxylic acids is 1. The zero-order valence-corrected chi connectivity index (χ0v) is 11.1. The van der Waals surface area contributed by atoms with Crippen LogP contribution in [-0.2, 0) is 0 Å². The molecule has 2 atom stereocenters. The third-order valence-electron chi connectivity index (χ3n) is 3.40. The van der Waals surface area contributed by atoms with Crippen LogP contribution in [0.4, 0.5) is 0 Å². The summed E-state index contributed by atoms with van der Waals surface area (Å²) in [6, 6.07) is 7.74. The first-order valence-corrected chi connectivity index (χ1v) is 6.31. The molecule has 1 amide bonds. The Kier molecular flexibility index (Phi) is 3.87. The van der Waals surface area contributed by atoms with E-state index in [2.05, 4.69) is 19.2 Å². The second-order valence-corrected chi connectivity index (χ2v) is 4.80. The van der Waals surface area contributed by atoms with E-state index in [1.54, 1.807) is 7.11 Å². The number of ether oxygens (including phenoxy) is 1. The van der Waals surface area contributed by atoms with Crippen LogP contribution >= 0.6 is 0 Å². The summed E-state index contributed by atoms with van der Waals surface area (Å²) in [6.07, 6.45) is 0. The number of hydrogen-bond acceptors (Lipinski definition) is 3. The van der Waals surface area contributed by atoms with Gasteiger partial charge in [-0.1, -0.05) is 0 Å². The van der Waals surface area contributed by atoms with Gasteiger partial charge in [0.15, 0.2) is 0 Å². The lowest BCUT2D eigenvalue weighted by molar-refractivity contribution is 0.0544. The minimum Gasteiger partial charge on any atom is -0.497 e. The fourth-order valence-corrected chi connectivity index (χ4v) is 2.42. The Bertz CT molecular complexity index is 406. The zero-order chi connectivity index (χ0) is 13.1. The van der Waals surface area contributed by atoms with E-state index in [4.69, 9.17) is 4.74 Å². The fraction of sp³-hybridized carbons (Fsp3) is 0.500. The average molecular weight is 248 g/mol. The first-order chi connectivity index (χ1) is 8.63. The van der Waals surface area contributed by atoms with Crippen LogP contribution in [0.25, 0.3) is 0 Å². The molecule has 18 heavy (non-hydrogen) atoms. The van der Waals surface area contributed by atoms with Crippen LogP contribution in [0.2, 0.25) is 0 Å². The van der Waals surface area contributed by atoms with Crippen LogP contribution in [0.5, 0.6) is 5.75 Å². The van der Waals surface area contributed by atoms with Gasteiger partial charge in [-0.3, -0.25) is 4.79 Å². The van der Waals surface area contributed by atoms with Crippen molar-refractivity contribution in [3.8, 4) is 5.75 Å². The van der Waals surface area contributed by atoms with Crippen molar-refractivity contribution in [2.75, 3.05) is 20.2 Å². The van der Waals surface area contributed by atoms with Gasteiger partial charge in [0.25, 0.3) is 5.91 Å². The summed E-state index contributed by atoms with van der Waals surface area (Å²) in [6.45, 7) is 5.85. The van der Waals surface area contributed by atoms with Crippen molar-refractivity contribution in [1.82, 2.24) is 10.2 Å². The molecule has 0 aromatic heterocycles. The van der Waals surface area contributed by atoms with E-state index in [9.17, 15) is 4.79 Å². The van der Waals surface area contributed by atoms with Gasteiger partial charge in [0.1, 0.15) is 5.75 Å². The molecule has 1 heterocycles. The predicted molar refractivity (Wildman–Crippen MR) is 71.0 cm³/mol. The number of nitrogens with zero attached hydrogens (tertiary/aromatic N) is 1. The summed E-state index contributed by atoms with van der Waals surface area (Å²) in [5, 5.41) is 3.32. The van der Waals surface area contributed by atoms with Crippen LogP contribution in [0.1, 0.15) is 24.2 Å². The quantitative estimate of drug-likeness (QED) is 0.862. The molecule has 4 nitrogen and oxygen atoms in total. The van der Waals surface area contributed by atoms with Crippen LogP contribution < -0.4 is 10.1 Å². The summed E-state index contributed by atoms with van der Waals surface area (Å²) < 4.78 is 5.10. The van der Waals surface area contributed by atoms with Crippen LogP contribution in [0, 0.1) is 0 Å². The molecule has 0 bridgehead atoms. The molecule has 0 saturated carbocycles. The van der Waals surface area contributed by atoms with E-state index in [0.29, 0.717) is 0 Å². The molecule has 0 radical (unpaired) electrons. The van der Waals surface area contributed by atoms with E-state index < -0.39 is 0 Å². The number of carbonyl (C=O) groups is 1. The Morgan fingerprint density at radius 3 is 2.28 bits per heavy atom. The second-order valence-electron chi connectivity index (χ2n) is 4.80. The van der Waals surface area contributed by atoms with Gasteiger partial charge in [0.05, 0.1) is 7.11 Å². The van der Waals surface area contributed by atoms with Crippen molar-refractivity contribution >= 4 is 5.91 Å². The van der Waals surface area contributed by atoms with Gasteiger partial charge in [0, 0.05) is 30.7 Å². The third kappa shape index (κ3) is 2.48. The Morgan fingerprint density at radius 2 is 1.78 bits per heavy atom. The first-order valence-electron chi connectivity index (χ1n) is 6.31. The van der Waals surface area contributed by atoms with Gasteiger partial charge in [-0.15, -0.1) is 0 Å². The Balaban J connectivity index is 2.18. The lowest BCUT2D eigenvalue weighted by Gasteiger charge is -2.39. The third-order valence-corrected chi connectivity index (χ3v) is 3.40. The minimum atomic E-state index is 0.0964. The number of methoxy groups -OCH3 is 1. The summed E-state index contributed by atoms with van der Waals surface area (Å²) >= 11 is 0. The Labute approximate surface area is 108 Å². The first kappa shape index (κ1) is 12.9. The molecule has 0 aliphatic carbocycles. The molecule has 1 saturated heterocycles. The largest absolute Gasteiger partial charge is 0.497 e. The molecule has 2 rings (SSSR count). The van der Waals surface area contributed by atoms with Crippen molar-refractivity contribution in [2.45, 2.75) is 25.9 Å². The molecule has 1 aromatic carbocycles. The fourth-order valence-electron chi connectivity index (χ4n) is 2.42. The maximum Gasteiger partial charge on any atom is 0.254 e. The standard InChI is InChI=1S/C14H20N2O2/c1-10-8-15-9-11(2)16(10)14(17)12-4-6-13(18-3)7-5-12/h4-7,10-11,15H,8-9H2,1-3H3. The maximum atomic E-state index is 12.5. The van der Waals surface area contributed by atoms with E-state index in [-0.39, 0.29) is 18.0 Å². The van der Waals surface area contributed by atoms with Gasteiger partial charge in [-0.2, -0.15) is 0 Å². The summed E-state index contributed by atoms with van der Waals surface area (Å²) in [5.41, 5.74) is 0.719. The number of rotatable bonds is 2. The maximum absolute atomic E-state index is 12.5. The van der Waals surface area contributed by atoms with Crippen molar-refractivity contribution < 1.29 is 9.53 Å². The van der Waals surface area contributed by atoms with E-state index in [1.807, 2.05) is 29.2 Å². The topological polar surface area (TPSA) is 41.6 Å². The highest BCUT2D eigenvalue weighted by atomic mass is 16.5. The molecule has 0 spiro atoms. The summed E-state index contributed by atoms with van der Waals surface area (Å²) in [7, 11) is 1.62. The zero-order valence-electron chi connectivity index (χ0n) is 11.1. The number of hydrogen-bond donors (Lipinski definition) is 1. The molecule has 2 unspecified atom stereocenters. The molecule has 98 valence electrons. The van der Waals surface area contributed by atoms with Crippen LogP contribution in [0.15, 0.2) is 24.3 Å². The number of nitrogens with one attached hydrogen (secondary N) is 1. The van der Waals surface area contributed by atoms with Crippen LogP contribution in [0.3, 0.4) is 0 Å². The number of piperazine rings is 1. The number of benzene rings is 1. The SMILES string of the molecule is COc1ccc(C(=O)N2C(C)CNCC2C)cc1. The Hall–Kier alpha value is -1.55.